The zero-order valence-corrected chi connectivity index (χ0v) is 19.6. The highest BCUT2D eigenvalue weighted by atomic mass is 79.9. The van der Waals surface area contributed by atoms with Gasteiger partial charge in [0.2, 0.25) is 5.91 Å². The van der Waals surface area contributed by atoms with Gasteiger partial charge in [0.25, 0.3) is 5.91 Å². The van der Waals surface area contributed by atoms with Gasteiger partial charge in [-0.2, -0.15) is 5.10 Å². The molecule has 4 rings (SSSR count). The molecule has 2 amide bonds. The van der Waals surface area contributed by atoms with Crippen molar-refractivity contribution in [1.29, 1.82) is 0 Å². The normalized spacial score (nSPS) is 16.8. The third-order valence-electron chi connectivity index (χ3n) is 4.89. The van der Waals surface area contributed by atoms with Crippen molar-refractivity contribution in [2.45, 2.75) is 12.8 Å². The van der Waals surface area contributed by atoms with Crippen LogP contribution < -0.4 is 5.32 Å². The number of carbonyl (C=O) groups is 2. The number of nitrogens with zero attached hydrogens (tertiary/aromatic N) is 4. The first-order valence-corrected chi connectivity index (χ1v) is 11.1. The molecule has 0 aromatic carbocycles. The fourth-order valence-electron chi connectivity index (χ4n) is 3.43. The molecule has 1 aliphatic heterocycles. The molecule has 1 N–H and O–H groups in total. The lowest BCUT2D eigenvalue weighted by molar-refractivity contribution is -0.303. The summed E-state index contributed by atoms with van der Waals surface area (Å²) in [5, 5.41) is 7.33. The van der Waals surface area contributed by atoms with Crippen LogP contribution in [0.25, 0.3) is 11.3 Å². The summed E-state index contributed by atoms with van der Waals surface area (Å²) in [6.45, 7) is 0.559. The molecule has 0 spiro atoms. The first kappa shape index (κ1) is 24.0. The summed E-state index contributed by atoms with van der Waals surface area (Å²) in [5.74, 6) is -1.10. The van der Waals surface area contributed by atoms with Crippen LogP contribution in [0.3, 0.4) is 0 Å². The number of ether oxygens (including phenoxy) is 1. The number of alkyl halides is 3. The van der Waals surface area contributed by atoms with E-state index in [1.807, 2.05) is 0 Å². The van der Waals surface area contributed by atoms with Gasteiger partial charge in [0.05, 0.1) is 24.1 Å². The van der Waals surface area contributed by atoms with Crippen molar-refractivity contribution in [3.63, 3.8) is 0 Å². The van der Waals surface area contributed by atoms with Gasteiger partial charge in [-0.15, -0.1) is 13.2 Å². The molecule has 3 heterocycles. The SMILES string of the molecule is O=C1CN(C(=O)c2cc(C3=CC(Br)=CC(OC(F)(F)F)=CC3)n(-c3ccc(Cl)nc3)n2)CCN1. The monoisotopic (exact) mass is 557 g/mol. The molecule has 0 unspecified atom stereocenters. The number of halogens is 5. The molecule has 34 heavy (non-hydrogen) atoms. The molecule has 1 aliphatic carbocycles. The zero-order chi connectivity index (χ0) is 24.5. The van der Waals surface area contributed by atoms with Crippen molar-refractivity contribution < 1.29 is 27.5 Å². The number of hydrogen-bond acceptors (Lipinski definition) is 5. The maximum atomic E-state index is 13.1. The Hall–Kier alpha value is -3.12. The van der Waals surface area contributed by atoms with Crippen molar-refractivity contribution in [3.05, 3.63) is 69.4 Å². The zero-order valence-electron chi connectivity index (χ0n) is 17.3. The minimum Gasteiger partial charge on any atom is -0.406 e. The first-order chi connectivity index (χ1) is 16.1. The second kappa shape index (κ2) is 9.63. The van der Waals surface area contributed by atoms with E-state index in [4.69, 9.17) is 11.6 Å². The van der Waals surface area contributed by atoms with Gasteiger partial charge in [0.15, 0.2) is 5.69 Å². The number of aromatic nitrogens is 3. The van der Waals surface area contributed by atoms with Crippen LogP contribution in [0.15, 0.2) is 52.9 Å². The van der Waals surface area contributed by atoms with Gasteiger partial charge in [0.1, 0.15) is 10.9 Å². The van der Waals surface area contributed by atoms with Crippen molar-refractivity contribution in [3.8, 4) is 5.69 Å². The number of amides is 2. The molecular weight excluding hydrogens is 543 g/mol. The summed E-state index contributed by atoms with van der Waals surface area (Å²) in [5.41, 5.74) is 1.56. The van der Waals surface area contributed by atoms with Crippen molar-refractivity contribution >= 4 is 44.9 Å². The predicted molar refractivity (Wildman–Crippen MR) is 120 cm³/mol. The van der Waals surface area contributed by atoms with Gasteiger partial charge in [0, 0.05) is 17.6 Å². The van der Waals surface area contributed by atoms with Crippen LogP contribution in [-0.4, -0.2) is 57.5 Å². The lowest BCUT2D eigenvalue weighted by Crippen LogP contribution is -2.50. The largest absolute Gasteiger partial charge is 0.573 e. The number of carbonyl (C=O) groups excluding carboxylic acids is 2. The van der Waals surface area contributed by atoms with E-state index in [0.717, 1.165) is 0 Å². The molecule has 2 aromatic rings. The first-order valence-electron chi connectivity index (χ1n) is 9.91. The number of allylic oxidation sites excluding steroid dienone is 5. The Kier molecular flexibility index (Phi) is 6.80. The highest BCUT2D eigenvalue weighted by Gasteiger charge is 2.32. The van der Waals surface area contributed by atoms with Crippen LogP contribution in [0.4, 0.5) is 13.2 Å². The fraction of sp³-hybridized carbons (Fsp3) is 0.238. The molecule has 178 valence electrons. The van der Waals surface area contributed by atoms with E-state index in [2.05, 4.69) is 36.1 Å². The fourth-order valence-corrected chi connectivity index (χ4v) is 4.05. The second-order valence-electron chi connectivity index (χ2n) is 7.30. The molecule has 1 fully saturated rings. The average molecular weight is 559 g/mol. The van der Waals surface area contributed by atoms with E-state index in [-0.39, 0.29) is 35.5 Å². The van der Waals surface area contributed by atoms with Gasteiger partial charge in [-0.05, 0) is 48.4 Å². The van der Waals surface area contributed by atoms with Gasteiger partial charge in [-0.25, -0.2) is 9.67 Å². The predicted octanol–water partition coefficient (Wildman–Crippen LogP) is 3.98. The third kappa shape index (κ3) is 5.68. The molecule has 2 aromatic heterocycles. The summed E-state index contributed by atoms with van der Waals surface area (Å²) in [6.07, 6.45) is 0.770. The smallest absolute Gasteiger partial charge is 0.406 e. The Morgan fingerprint density at radius 2 is 2.06 bits per heavy atom. The Morgan fingerprint density at radius 3 is 2.74 bits per heavy atom. The minimum absolute atomic E-state index is 0.0590. The summed E-state index contributed by atoms with van der Waals surface area (Å²) in [7, 11) is 0. The topological polar surface area (TPSA) is 89.4 Å². The third-order valence-corrected chi connectivity index (χ3v) is 5.57. The van der Waals surface area contributed by atoms with Gasteiger partial charge >= 0.3 is 6.36 Å². The molecule has 2 aliphatic rings. The Balaban J connectivity index is 1.73. The van der Waals surface area contributed by atoms with Crippen molar-refractivity contribution in [2.24, 2.45) is 0 Å². The van der Waals surface area contributed by atoms with E-state index < -0.39 is 12.3 Å². The average Bonchev–Trinajstić information content (AvgIpc) is 3.12. The maximum Gasteiger partial charge on any atom is 0.573 e. The van der Waals surface area contributed by atoms with Gasteiger partial charge in [-0.3, -0.25) is 9.59 Å². The Bertz CT molecular complexity index is 1220. The van der Waals surface area contributed by atoms with Crippen LogP contribution in [0.2, 0.25) is 5.15 Å². The lowest BCUT2D eigenvalue weighted by Gasteiger charge is -2.25. The molecular formula is C21H16BrClF3N5O3. The van der Waals surface area contributed by atoms with E-state index >= 15 is 0 Å². The highest BCUT2D eigenvalue weighted by Crippen LogP contribution is 2.32. The quantitative estimate of drug-likeness (QED) is 0.574. The summed E-state index contributed by atoms with van der Waals surface area (Å²) in [4.78, 5) is 30.2. The Morgan fingerprint density at radius 1 is 1.26 bits per heavy atom. The summed E-state index contributed by atoms with van der Waals surface area (Å²) in [6, 6.07) is 4.72. The molecule has 0 atom stereocenters. The molecule has 0 bridgehead atoms. The number of pyridine rings is 1. The number of rotatable bonds is 4. The van der Waals surface area contributed by atoms with Crippen LogP contribution in [-0.2, 0) is 9.53 Å². The highest BCUT2D eigenvalue weighted by molar-refractivity contribution is 9.11. The Labute approximate surface area is 204 Å². The van der Waals surface area contributed by atoms with Crippen LogP contribution >= 0.6 is 27.5 Å². The minimum atomic E-state index is -4.84. The number of nitrogens with one attached hydrogen (secondary N) is 1. The molecule has 8 nitrogen and oxygen atoms in total. The van der Waals surface area contributed by atoms with Crippen LogP contribution in [0, 0.1) is 0 Å². The number of hydrogen-bond donors (Lipinski definition) is 1. The van der Waals surface area contributed by atoms with Crippen LogP contribution in [0.1, 0.15) is 22.6 Å². The summed E-state index contributed by atoms with van der Waals surface area (Å²) >= 11 is 9.13. The molecule has 13 heteroatoms. The lowest BCUT2D eigenvalue weighted by atomic mass is 10.1. The van der Waals surface area contributed by atoms with Gasteiger partial charge in [-0.1, -0.05) is 27.5 Å². The van der Waals surface area contributed by atoms with E-state index in [1.54, 1.807) is 18.2 Å². The van der Waals surface area contributed by atoms with E-state index in [0.29, 0.717) is 34.5 Å². The van der Waals surface area contributed by atoms with Crippen molar-refractivity contribution in [1.82, 2.24) is 25.0 Å². The molecule has 0 saturated carbocycles. The van der Waals surface area contributed by atoms with Crippen molar-refractivity contribution in [2.75, 3.05) is 19.6 Å². The van der Waals surface area contributed by atoms with E-state index in [9.17, 15) is 22.8 Å². The standard InChI is InChI=1S/C21H16BrClF3N5O3/c22-13-7-12(1-3-15(8-13)34-21(24,25)26)17-9-16(20(33)30-6-5-27-19(32)11-30)29-31(17)14-2-4-18(23)28-10-14/h2-4,7-10H,1,5-6,11H2,(H,27,32). The van der Waals surface area contributed by atoms with Gasteiger partial charge < -0.3 is 15.0 Å². The van der Waals surface area contributed by atoms with Crippen LogP contribution in [0.5, 0.6) is 0 Å². The summed E-state index contributed by atoms with van der Waals surface area (Å²) < 4.78 is 44.0. The maximum absolute atomic E-state index is 13.1. The number of piperazine rings is 1. The second-order valence-corrected chi connectivity index (χ2v) is 8.60. The molecule has 1 saturated heterocycles. The molecule has 0 radical (unpaired) electrons. The van der Waals surface area contributed by atoms with E-state index in [1.165, 1.54) is 34.0 Å².